The standard InChI is InChI=1S/C13H24IN3/c1-13(2,3)15-8-6-4-5-7-9-17-11-12(14)10-16-17/h10-11,15H,4-9H2,1-3H3. The first kappa shape index (κ1) is 15.0. The summed E-state index contributed by atoms with van der Waals surface area (Å²) in [7, 11) is 0. The zero-order chi connectivity index (χ0) is 12.7. The molecule has 0 unspecified atom stereocenters. The number of hydrogen-bond donors (Lipinski definition) is 1. The molecule has 0 saturated carbocycles. The minimum absolute atomic E-state index is 0.256. The zero-order valence-corrected chi connectivity index (χ0v) is 13.3. The van der Waals surface area contributed by atoms with Crippen molar-refractivity contribution in [3.05, 3.63) is 16.0 Å². The number of aromatic nitrogens is 2. The van der Waals surface area contributed by atoms with E-state index in [9.17, 15) is 0 Å². The number of rotatable bonds is 7. The molecule has 98 valence electrons. The summed E-state index contributed by atoms with van der Waals surface area (Å²) in [6.07, 6.45) is 9.11. The third-order valence-corrected chi connectivity index (χ3v) is 3.13. The van der Waals surface area contributed by atoms with Crippen LogP contribution in [0.3, 0.4) is 0 Å². The van der Waals surface area contributed by atoms with Crippen LogP contribution in [0.4, 0.5) is 0 Å². The lowest BCUT2D eigenvalue weighted by Crippen LogP contribution is -2.36. The molecule has 0 aliphatic heterocycles. The molecule has 1 N–H and O–H groups in total. The fourth-order valence-corrected chi connectivity index (χ4v) is 2.12. The second-order valence-corrected chi connectivity index (χ2v) is 6.76. The van der Waals surface area contributed by atoms with Gasteiger partial charge in [0.2, 0.25) is 0 Å². The SMILES string of the molecule is CC(C)(C)NCCCCCCn1cc(I)cn1. The Morgan fingerprint density at radius 1 is 1.24 bits per heavy atom. The van der Waals surface area contributed by atoms with Crippen LogP contribution < -0.4 is 5.32 Å². The molecule has 3 nitrogen and oxygen atoms in total. The lowest BCUT2D eigenvalue weighted by Gasteiger charge is -2.20. The van der Waals surface area contributed by atoms with E-state index in [4.69, 9.17) is 0 Å². The van der Waals surface area contributed by atoms with Crippen molar-refractivity contribution in [1.29, 1.82) is 0 Å². The number of aryl methyl sites for hydroxylation is 1. The van der Waals surface area contributed by atoms with Crippen LogP contribution in [0, 0.1) is 3.57 Å². The van der Waals surface area contributed by atoms with Crippen molar-refractivity contribution >= 4 is 22.6 Å². The predicted molar refractivity (Wildman–Crippen MR) is 81.2 cm³/mol. The van der Waals surface area contributed by atoms with E-state index in [2.05, 4.69) is 60.0 Å². The quantitative estimate of drug-likeness (QED) is 0.604. The molecule has 4 heteroatoms. The lowest BCUT2D eigenvalue weighted by molar-refractivity contribution is 0.414. The normalized spacial score (nSPS) is 12.0. The van der Waals surface area contributed by atoms with Gasteiger partial charge in [-0.3, -0.25) is 4.68 Å². The Morgan fingerprint density at radius 2 is 1.94 bits per heavy atom. The highest BCUT2D eigenvalue weighted by Gasteiger charge is 2.06. The summed E-state index contributed by atoms with van der Waals surface area (Å²) in [5.74, 6) is 0. The van der Waals surface area contributed by atoms with Gasteiger partial charge in [-0.05, 0) is 62.7 Å². The van der Waals surface area contributed by atoms with Crippen LogP contribution in [0.1, 0.15) is 46.5 Å². The molecule has 0 bridgehead atoms. The molecule has 1 aromatic rings. The molecule has 1 aromatic heterocycles. The molecule has 0 atom stereocenters. The van der Waals surface area contributed by atoms with Crippen molar-refractivity contribution in [3.8, 4) is 0 Å². The molecule has 0 spiro atoms. The summed E-state index contributed by atoms with van der Waals surface area (Å²) in [6.45, 7) is 8.82. The van der Waals surface area contributed by atoms with Crippen LogP contribution in [0.25, 0.3) is 0 Å². The Bertz CT molecular complexity index is 315. The van der Waals surface area contributed by atoms with Crippen molar-refractivity contribution in [3.63, 3.8) is 0 Å². The molecule has 17 heavy (non-hydrogen) atoms. The highest BCUT2D eigenvalue weighted by Crippen LogP contribution is 2.05. The Balaban J connectivity index is 1.95. The van der Waals surface area contributed by atoms with Gasteiger partial charge in [0, 0.05) is 18.3 Å². The van der Waals surface area contributed by atoms with Gasteiger partial charge in [-0.15, -0.1) is 0 Å². The van der Waals surface area contributed by atoms with Crippen LogP contribution in [-0.2, 0) is 6.54 Å². The maximum atomic E-state index is 4.28. The summed E-state index contributed by atoms with van der Waals surface area (Å²) in [5, 5.41) is 7.79. The van der Waals surface area contributed by atoms with Gasteiger partial charge in [-0.25, -0.2) is 0 Å². The molecule has 1 rings (SSSR count). The molecular formula is C13H24IN3. The van der Waals surface area contributed by atoms with Gasteiger partial charge >= 0.3 is 0 Å². The Kier molecular flexibility index (Phi) is 6.48. The Morgan fingerprint density at radius 3 is 2.53 bits per heavy atom. The monoisotopic (exact) mass is 349 g/mol. The third kappa shape index (κ3) is 7.76. The zero-order valence-electron chi connectivity index (χ0n) is 11.2. The average molecular weight is 349 g/mol. The summed E-state index contributed by atoms with van der Waals surface area (Å²) < 4.78 is 3.26. The smallest absolute Gasteiger partial charge is 0.0623 e. The van der Waals surface area contributed by atoms with Crippen molar-refractivity contribution in [1.82, 2.24) is 15.1 Å². The topological polar surface area (TPSA) is 29.9 Å². The van der Waals surface area contributed by atoms with E-state index in [1.54, 1.807) is 0 Å². The van der Waals surface area contributed by atoms with E-state index in [0.29, 0.717) is 0 Å². The summed E-state index contributed by atoms with van der Waals surface area (Å²) in [4.78, 5) is 0. The van der Waals surface area contributed by atoms with Gasteiger partial charge in [0.1, 0.15) is 0 Å². The minimum atomic E-state index is 0.256. The molecule has 0 fully saturated rings. The summed E-state index contributed by atoms with van der Waals surface area (Å²) in [5.41, 5.74) is 0.256. The number of nitrogens with one attached hydrogen (secondary N) is 1. The largest absolute Gasteiger partial charge is 0.312 e. The van der Waals surface area contributed by atoms with Gasteiger partial charge in [0.05, 0.1) is 9.77 Å². The Labute approximate surface area is 118 Å². The molecular weight excluding hydrogens is 325 g/mol. The fraction of sp³-hybridized carbons (Fsp3) is 0.769. The van der Waals surface area contributed by atoms with Gasteiger partial charge in [-0.2, -0.15) is 5.10 Å². The number of unbranched alkanes of at least 4 members (excludes halogenated alkanes) is 3. The lowest BCUT2D eigenvalue weighted by atomic mass is 10.1. The average Bonchev–Trinajstić information content (AvgIpc) is 2.61. The van der Waals surface area contributed by atoms with E-state index >= 15 is 0 Å². The van der Waals surface area contributed by atoms with Crippen LogP contribution in [-0.4, -0.2) is 21.9 Å². The predicted octanol–water partition coefficient (Wildman–Crippen LogP) is 3.44. The number of halogens is 1. The highest BCUT2D eigenvalue weighted by atomic mass is 127. The van der Waals surface area contributed by atoms with Crippen molar-refractivity contribution in [2.45, 2.75) is 58.5 Å². The minimum Gasteiger partial charge on any atom is -0.312 e. The maximum Gasteiger partial charge on any atom is 0.0623 e. The van der Waals surface area contributed by atoms with Crippen LogP contribution >= 0.6 is 22.6 Å². The second-order valence-electron chi connectivity index (χ2n) is 5.51. The van der Waals surface area contributed by atoms with Crippen LogP contribution in [0.15, 0.2) is 12.4 Å². The van der Waals surface area contributed by atoms with Crippen molar-refractivity contribution < 1.29 is 0 Å². The molecule has 0 aliphatic carbocycles. The van der Waals surface area contributed by atoms with Gasteiger partial charge < -0.3 is 5.32 Å². The van der Waals surface area contributed by atoms with Gasteiger partial charge in [-0.1, -0.05) is 12.8 Å². The fourth-order valence-electron chi connectivity index (χ4n) is 1.68. The molecule has 0 amide bonds. The number of hydrogen-bond acceptors (Lipinski definition) is 2. The van der Waals surface area contributed by atoms with Gasteiger partial charge in [0.15, 0.2) is 0 Å². The van der Waals surface area contributed by atoms with Crippen molar-refractivity contribution in [2.75, 3.05) is 6.54 Å². The van der Waals surface area contributed by atoms with Crippen LogP contribution in [0.2, 0.25) is 0 Å². The maximum absolute atomic E-state index is 4.28. The first-order valence-corrected chi connectivity index (χ1v) is 7.48. The first-order valence-electron chi connectivity index (χ1n) is 6.40. The van der Waals surface area contributed by atoms with E-state index in [1.807, 2.05) is 10.9 Å². The third-order valence-electron chi connectivity index (χ3n) is 2.57. The van der Waals surface area contributed by atoms with Crippen molar-refractivity contribution in [2.24, 2.45) is 0 Å². The molecule has 1 heterocycles. The van der Waals surface area contributed by atoms with E-state index in [1.165, 1.54) is 29.3 Å². The Hall–Kier alpha value is -0.100. The molecule has 0 aromatic carbocycles. The summed E-state index contributed by atoms with van der Waals surface area (Å²) in [6, 6.07) is 0. The first-order chi connectivity index (χ1) is 7.97. The molecule has 0 saturated heterocycles. The molecule has 0 radical (unpaired) electrons. The summed E-state index contributed by atoms with van der Waals surface area (Å²) >= 11 is 2.30. The van der Waals surface area contributed by atoms with E-state index in [0.717, 1.165) is 13.1 Å². The van der Waals surface area contributed by atoms with E-state index < -0.39 is 0 Å². The highest BCUT2D eigenvalue weighted by molar-refractivity contribution is 14.1. The molecule has 0 aliphatic rings. The van der Waals surface area contributed by atoms with Crippen LogP contribution in [0.5, 0.6) is 0 Å². The van der Waals surface area contributed by atoms with E-state index in [-0.39, 0.29) is 5.54 Å². The number of nitrogens with zero attached hydrogens (tertiary/aromatic N) is 2. The second kappa shape index (κ2) is 7.36. The van der Waals surface area contributed by atoms with Gasteiger partial charge in [0.25, 0.3) is 0 Å².